The van der Waals surface area contributed by atoms with Crippen molar-refractivity contribution in [3.8, 4) is 34.4 Å². The van der Waals surface area contributed by atoms with Gasteiger partial charge in [0.1, 0.15) is 0 Å². The molecule has 0 atom stereocenters. The Hall–Kier alpha value is -5.03. The Morgan fingerprint density at radius 2 is 1.60 bits per heavy atom. The van der Waals surface area contributed by atoms with Crippen LogP contribution in [0.1, 0.15) is 25.0 Å². The van der Waals surface area contributed by atoms with Gasteiger partial charge in [-0.05, 0) is 77.6 Å². The topological polar surface area (TPSA) is 73.6 Å². The fraction of sp³-hybridized carbons (Fsp3) is 0.105. The molecule has 3 nitrogen and oxygen atoms in total. The molecule has 42 heavy (non-hydrogen) atoms. The molecule has 2 N–H and O–H groups in total. The van der Waals surface area contributed by atoms with E-state index in [0.717, 1.165) is 33.4 Å². The molecule has 0 aliphatic heterocycles. The van der Waals surface area contributed by atoms with E-state index in [9.17, 15) is 0 Å². The molecular weight excluding hydrogens is 531 g/mol. The van der Waals surface area contributed by atoms with Crippen molar-refractivity contribution in [2.24, 2.45) is 5.73 Å². The second kappa shape index (κ2) is 16.3. The number of nitrogens with two attached hydrogens (primary N) is 1. The number of allylic oxidation sites excluding steroid dienone is 10. The van der Waals surface area contributed by atoms with Crippen molar-refractivity contribution in [1.29, 1.82) is 10.5 Å². The first-order valence-corrected chi connectivity index (χ1v) is 14.8. The maximum Gasteiger partial charge on any atom is 0.0988 e. The average molecular weight is 566 g/mol. The van der Waals surface area contributed by atoms with Crippen LogP contribution in [-0.2, 0) is 6.42 Å². The van der Waals surface area contributed by atoms with E-state index in [1.165, 1.54) is 10.5 Å². The van der Waals surface area contributed by atoms with Crippen LogP contribution in [0, 0.1) is 22.7 Å². The van der Waals surface area contributed by atoms with Crippen LogP contribution in [0.3, 0.4) is 0 Å². The minimum absolute atomic E-state index is 0.535. The molecule has 0 radical (unpaired) electrons. The van der Waals surface area contributed by atoms with E-state index in [1.807, 2.05) is 44.2 Å². The molecule has 0 spiro atoms. The van der Waals surface area contributed by atoms with Gasteiger partial charge in [0.2, 0.25) is 0 Å². The highest BCUT2D eigenvalue weighted by molar-refractivity contribution is 7.98. The van der Waals surface area contributed by atoms with Gasteiger partial charge in [-0.3, -0.25) is 0 Å². The summed E-state index contributed by atoms with van der Waals surface area (Å²) in [6, 6.07) is 27.8. The Bertz CT molecular complexity index is 1680. The van der Waals surface area contributed by atoms with E-state index in [-0.39, 0.29) is 0 Å². The molecule has 0 aliphatic carbocycles. The summed E-state index contributed by atoms with van der Waals surface area (Å²) in [5, 5.41) is 18.3. The van der Waals surface area contributed by atoms with Gasteiger partial charge in [-0.2, -0.15) is 10.5 Å². The highest BCUT2D eigenvalue weighted by Crippen LogP contribution is 2.34. The maximum atomic E-state index is 9.14. The maximum absolute atomic E-state index is 9.14. The molecule has 208 valence electrons. The zero-order chi connectivity index (χ0) is 30.3. The summed E-state index contributed by atoms with van der Waals surface area (Å²) in [7, 11) is 0. The van der Waals surface area contributed by atoms with Gasteiger partial charge in [-0.25, -0.2) is 0 Å². The SMILES string of the molecule is C=C/C(C#N)=C\Cc1cccc(-c2ccc(-c3ccc(/C=C/C=C\C(=C/C)C(\N)=C\C(C#N)=C/C)cc3)c(SC)c2)c1. The Morgan fingerprint density at radius 1 is 0.881 bits per heavy atom. The van der Waals surface area contributed by atoms with E-state index in [4.69, 9.17) is 16.3 Å². The minimum atomic E-state index is 0.535. The van der Waals surface area contributed by atoms with Gasteiger partial charge in [0.15, 0.2) is 0 Å². The molecule has 3 aromatic carbocycles. The summed E-state index contributed by atoms with van der Waals surface area (Å²) in [5.41, 5.74) is 15.6. The molecule has 0 amide bonds. The lowest BCUT2D eigenvalue weighted by molar-refractivity contribution is 1.26. The number of thioether (sulfide) groups is 1. The van der Waals surface area contributed by atoms with Crippen molar-refractivity contribution >= 4 is 17.8 Å². The number of benzene rings is 3. The molecule has 0 fully saturated rings. The first-order chi connectivity index (χ1) is 20.5. The van der Waals surface area contributed by atoms with Crippen molar-refractivity contribution in [2.75, 3.05) is 6.26 Å². The van der Waals surface area contributed by atoms with Crippen LogP contribution in [0.5, 0.6) is 0 Å². The van der Waals surface area contributed by atoms with Gasteiger partial charge in [0, 0.05) is 21.7 Å². The van der Waals surface area contributed by atoms with Crippen LogP contribution < -0.4 is 5.73 Å². The Morgan fingerprint density at radius 3 is 2.24 bits per heavy atom. The molecule has 0 saturated carbocycles. The van der Waals surface area contributed by atoms with Crippen molar-refractivity contribution < 1.29 is 0 Å². The zero-order valence-electron chi connectivity index (χ0n) is 24.3. The predicted molar refractivity (Wildman–Crippen MR) is 180 cm³/mol. The zero-order valence-corrected chi connectivity index (χ0v) is 25.2. The average Bonchev–Trinajstić information content (AvgIpc) is 3.04. The quantitative estimate of drug-likeness (QED) is 0.143. The lowest BCUT2D eigenvalue weighted by Crippen LogP contribution is -1.99. The van der Waals surface area contributed by atoms with Crippen LogP contribution in [0.4, 0.5) is 0 Å². The van der Waals surface area contributed by atoms with E-state index in [2.05, 4.69) is 97.8 Å². The minimum Gasteiger partial charge on any atom is -0.398 e. The third kappa shape index (κ3) is 8.73. The highest BCUT2D eigenvalue weighted by atomic mass is 32.2. The third-order valence-electron chi connectivity index (χ3n) is 6.66. The summed E-state index contributed by atoms with van der Waals surface area (Å²) < 4.78 is 0. The number of rotatable bonds is 11. The fourth-order valence-electron chi connectivity index (χ4n) is 4.28. The van der Waals surface area contributed by atoms with E-state index in [0.29, 0.717) is 23.3 Å². The third-order valence-corrected chi connectivity index (χ3v) is 7.44. The van der Waals surface area contributed by atoms with Crippen LogP contribution in [-0.4, -0.2) is 6.26 Å². The highest BCUT2D eigenvalue weighted by Gasteiger charge is 2.08. The van der Waals surface area contributed by atoms with Crippen molar-refractivity contribution in [3.63, 3.8) is 0 Å². The lowest BCUT2D eigenvalue weighted by atomic mass is 9.97. The molecule has 4 heteroatoms. The van der Waals surface area contributed by atoms with Gasteiger partial charge >= 0.3 is 0 Å². The van der Waals surface area contributed by atoms with Crippen LogP contribution in [0.15, 0.2) is 149 Å². The Labute approximate surface area is 254 Å². The van der Waals surface area contributed by atoms with Gasteiger partial charge < -0.3 is 5.73 Å². The van der Waals surface area contributed by atoms with Crippen molar-refractivity contribution in [3.05, 3.63) is 155 Å². The van der Waals surface area contributed by atoms with E-state index >= 15 is 0 Å². The number of hydrogen-bond donors (Lipinski definition) is 1. The summed E-state index contributed by atoms with van der Waals surface area (Å²) in [6.07, 6.45) is 19.5. The smallest absolute Gasteiger partial charge is 0.0988 e. The largest absolute Gasteiger partial charge is 0.398 e. The molecule has 0 heterocycles. The van der Waals surface area contributed by atoms with Gasteiger partial charge in [0.05, 0.1) is 12.1 Å². The van der Waals surface area contributed by atoms with Gasteiger partial charge in [-0.1, -0.05) is 116 Å². The summed E-state index contributed by atoms with van der Waals surface area (Å²) in [6.45, 7) is 7.43. The first-order valence-electron chi connectivity index (χ1n) is 13.6. The number of nitrogens with zero attached hydrogens (tertiary/aromatic N) is 2. The molecule has 3 rings (SSSR count). The van der Waals surface area contributed by atoms with Crippen molar-refractivity contribution in [1.82, 2.24) is 0 Å². The molecule has 0 saturated heterocycles. The number of hydrogen-bond acceptors (Lipinski definition) is 4. The molecular formula is C38H35N3S. The normalized spacial score (nSPS) is 12.9. The number of nitriles is 2. The summed E-state index contributed by atoms with van der Waals surface area (Å²) >= 11 is 1.74. The monoisotopic (exact) mass is 565 g/mol. The molecule has 0 unspecified atom stereocenters. The van der Waals surface area contributed by atoms with E-state index < -0.39 is 0 Å². The van der Waals surface area contributed by atoms with Crippen LogP contribution in [0.25, 0.3) is 28.3 Å². The van der Waals surface area contributed by atoms with Gasteiger partial charge in [-0.15, -0.1) is 11.8 Å². The fourth-order valence-corrected chi connectivity index (χ4v) is 4.93. The summed E-state index contributed by atoms with van der Waals surface area (Å²) in [5.74, 6) is 0. The molecule has 3 aromatic rings. The molecule has 0 bridgehead atoms. The van der Waals surface area contributed by atoms with Crippen molar-refractivity contribution in [2.45, 2.75) is 25.2 Å². The standard InChI is InChI=1S/C38H35N3S/c1-5-28(26-39)15-16-31-12-10-14-34(23-31)35-21-22-36(38(25-35)42-4)33-19-17-30(18-20-33)11-8-9-13-32(7-3)37(41)24-29(6-2)27-40/h5-15,17-25H,1,16,41H2,2-4H3/b11-8+,13-9-,28-15+,29-6+,32-7+,37-24-. The van der Waals surface area contributed by atoms with Crippen LogP contribution in [0.2, 0.25) is 0 Å². The molecule has 0 aliphatic rings. The second-order valence-corrected chi connectivity index (χ2v) is 10.2. The molecule has 0 aromatic heterocycles. The summed E-state index contributed by atoms with van der Waals surface area (Å²) in [4.78, 5) is 1.21. The Balaban J connectivity index is 1.75. The Kier molecular flexibility index (Phi) is 12.2. The van der Waals surface area contributed by atoms with E-state index in [1.54, 1.807) is 30.0 Å². The van der Waals surface area contributed by atoms with Crippen LogP contribution >= 0.6 is 11.8 Å². The van der Waals surface area contributed by atoms with Gasteiger partial charge in [0.25, 0.3) is 0 Å². The lowest BCUT2D eigenvalue weighted by Gasteiger charge is -2.12. The second-order valence-electron chi connectivity index (χ2n) is 9.33. The first kappa shape index (κ1) is 31.5. The predicted octanol–water partition coefficient (Wildman–Crippen LogP) is 9.75.